The summed E-state index contributed by atoms with van der Waals surface area (Å²) in [6.07, 6.45) is 3.02. The Morgan fingerprint density at radius 3 is 2.45 bits per heavy atom. The second-order valence-corrected chi connectivity index (χ2v) is 8.36. The van der Waals surface area contributed by atoms with E-state index >= 15 is 0 Å². The van der Waals surface area contributed by atoms with Crippen LogP contribution in [0.4, 0.5) is 11.4 Å². The highest BCUT2D eigenvalue weighted by atomic mass is 16.5. The van der Waals surface area contributed by atoms with E-state index in [1.54, 1.807) is 18.2 Å². The predicted molar refractivity (Wildman–Crippen MR) is 122 cm³/mol. The lowest BCUT2D eigenvalue weighted by atomic mass is 9.90. The van der Waals surface area contributed by atoms with E-state index in [4.69, 9.17) is 4.74 Å². The second-order valence-electron chi connectivity index (χ2n) is 8.36. The summed E-state index contributed by atoms with van der Waals surface area (Å²) in [7, 11) is 0. The van der Waals surface area contributed by atoms with Gasteiger partial charge in [-0.3, -0.25) is 24.1 Å². The number of carbonyl (C=O) groups excluding carboxylic acids is 4. The van der Waals surface area contributed by atoms with Gasteiger partial charge in [-0.05, 0) is 30.5 Å². The van der Waals surface area contributed by atoms with Crippen LogP contribution in [0.25, 0.3) is 0 Å². The minimum Gasteiger partial charge on any atom is -0.455 e. The van der Waals surface area contributed by atoms with E-state index in [0.717, 1.165) is 18.4 Å². The van der Waals surface area contributed by atoms with Crippen molar-refractivity contribution < 1.29 is 23.9 Å². The number of amides is 3. The molecule has 172 valence electrons. The lowest BCUT2D eigenvalue weighted by Gasteiger charge is -2.44. The maximum absolute atomic E-state index is 13.2. The Balaban J connectivity index is 1.31. The second kappa shape index (κ2) is 9.85. The van der Waals surface area contributed by atoms with Crippen molar-refractivity contribution in [2.24, 2.45) is 0 Å². The van der Waals surface area contributed by atoms with E-state index in [0.29, 0.717) is 24.2 Å². The summed E-state index contributed by atoms with van der Waals surface area (Å²) in [6.45, 7) is -0.336. The zero-order valence-corrected chi connectivity index (χ0v) is 18.3. The van der Waals surface area contributed by atoms with Gasteiger partial charge in [0.2, 0.25) is 5.91 Å². The van der Waals surface area contributed by atoms with Gasteiger partial charge in [-0.1, -0.05) is 55.3 Å². The highest BCUT2D eigenvalue weighted by Crippen LogP contribution is 2.45. The Bertz CT molecular complexity index is 1050. The first kappa shape index (κ1) is 22.5. The molecule has 2 N–H and O–H groups in total. The maximum atomic E-state index is 13.2. The van der Waals surface area contributed by atoms with Crippen LogP contribution in [0.1, 0.15) is 37.7 Å². The van der Waals surface area contributed by atoms with Gasteiger partial charge in [-0.15, -0.1) is 0 Å². The van der Waals surface area contributed by atoms with E-state index in [1.807, 2.05) is 36.4 Å². The Kier molecular flexibility index (Phi) is 6.72. The summed E-state index contributed by atoms with van der Waals surface area (Å²) in [5.41, 5.74) is 1.13. The summed E-state index contributed by atoms with van der Waals surface area (Å²) < 4.78 is 5.20. The first-order valence-electron chi connectivity index (χ1n) is 11.2. The lowest BCUT2D eigenvalue weighted by molar-refractivity contribution is -0.148. The number of esters is 1. The van der Waals surface area contributed by atoms with Gasteiger partial charge in [0, 0.05) is 6.54 Å². The zero-order chi connectivity index (χ0) is 23.3. The molecule has 0 unspecified atom stereocenters. The third-order valence-electron chi connectivity index (χ3n) is 6.14. The number of nitrogens with zero attached hydrogens (tertiary/aromatic N) is 1. The molecule has 33 heavy (non-hydrogen) atoms. The molecule has 0 radical (unpaired) electrons. The number of hydrogen-bond acceptors (Lipinski definition) is 5. The van der Waals surface area contributed by atoms with Crippen LogP contribution in [-0.4, -0.2) is 42.4 Å². The molecule has 2 aliphatic rings. The molecule has 1 fully saturated rings. The number of para-hydroxylation sites is 2. The van der Waals surface area contributed by atoms with E-state index in [9.17, 15) is 19.2 Å². The van der Waals surface area contributed by atoms with Crippen molar-refractivity contribution in [2.45, 2.75) is 44.1 Å². The molecule has 1 aliphatic carbocycles. The molecule has 4 rings (SSSR count). The molecule has 1 heterocycles. The van der Waals surface area contributed by atoms with Crippen LogP contribution in [0.3, 0.4) is 0 Å². The Morgan fingerprint density at radius 2 is 1.70 bits per heavy atom. The first-order valence-corrected chi connectivity index (χ1v) is 11.2. The van der Waals surface area contributed by atoms with Crippen molar-refractivity contribution >= 4 is 35.1 Å². The zero-order valence-electron chi connectivity index (χ0n) is 18.3. The van der Waals surface area contributed by atoms with Crippen molar-refractivity contribution in [3.05, 3.63) is 60.2 Å². The molecule has 1 aliphatic heterocycles. The molecule has 0 bridgehead atoms. The SMILES string of the molecule is O=C(Cc1ccccc1)NCCC(=O)OCC(=O)N1c2ccccc2NC(=O)C12CCCC2. The van der Waals surface area contributed by atoms with E-state index in [-0.39, 0.29) is 31.2 Å². The number of hydrogen-bond donors (Lipinski definition) is 2. The van der Waals surface area contributed by atoms with Crippen LogP contribution in [-0.2, 0) is 30.3 Å². The summed E-state index contributed by atoms with van der Waals surface area (Å²) in [6, 6.07) is 16.4. The van der Waals surface area contributed by atoms with Gasteiger partial charge < -0.3 is 15.4 Å². The number of nitrogens with one attached hydrogen (secondary N) is 2. The Morgan fingerprint density at radius 1 is 1.00 bits per heavy atom. The smallest absolute Gasteiger partial charge is 0.308 e. The van der Waals surface area contributed by atoms with Crippen LogP contribution in [0.2, 0.25) is 0 Å². The van der Waals surface area contributed by atoms with E-state index in [1.165, 1.54) is 4.90 Å². The molecule has 8 heteroatoms. The number of benzene rings is 2. The number of rotatable bonds is 7. The van der Waals surface area contributed by atoms with Crippen LogP contribution in [0, 0.1) is 0 Å². The van der Waals surface area contributed by atoms with Crippen LogP contribution >= 0.6 is 0 Å². The predicted octanol–water partition coefficient (Wildman–Crippen LogP) is 2.58. The largest absolute Gasteiger partial charge is 0.455 e. The fraction of sp³-hybridized carbons (Fsp3) is 0.360. The highest BCUT2D eigenvalue weighted by molar-refractivity contribution is 6.15. The first-order chi connectivity index (χ1) is 16.0. The van der Waals surface area contributed by atoms with Gasteiger partial charge in [-0.2, -0.15) is 0 Å². The fourth-order valence-corrected chi connectivity index (χ4v) is 4.56. The van der Waals surface area contributed by atoms with Crippen molar-refractivity contribution in [3.63, 3.8) is 0 Å². The summed E-state index contributed by atoms with van der Waals surface area (Å²) >= 11 is 0. The van der Waals surface area contributed by atoms with Gasteiger partial charge in [0.25, 0.3) is 11.8 Å². The quantitative estimate of drug-likeness (QED) is 0.632. The summed E-state index contributed by atoms with van der Waals surface area (Å²) in [4.78, 5) is 51.8. The number of anilines is 2. The normalized spacial score (nSPS) is 16.1. The molecule has 0 atom stereocenters. The van der Waals surface area contributed by atoms with Gasteiger partial charge in [0.15, 0.2) is 6.61 Å². The Hall–Kier alpha value is -3.68. The average Bonchev–Trinajstić information content (AvgIpc) is 3.29. The van der Waals surface area contributed by atoms with Crippen LogP contribution in [0.5, 0.6) is 0 Å². The third kappa shape index (κ3) is 4.89. The molecule has 3 amide bonds. The van der Waals surface area contributed by atoms with Crippen molar-refractivity contribution in [1.29, 1.82) is 0 Å². The molecular formula is C25H27N3O5. The fourth-order valence-electron chi connectivity index (χ4n) is 4.56. The van der Waals surface area contributed by atoms with Gasteiger partial charge in [-0.25, -0.2) is 0 Å². The summed E-state index contributed by atoms with van der Waals surface area (Å²) in [5, 5.41) is 5.60. The van der Waals surface area contributed by atoms with Gasteiger partial charge in [0.05, 0.1) is 24.2 Å². The van der Waals surface area contributed by atoms with Crippen LogP contribution < -0.4 is 15.5 Å². The van der Waals surface area contributed by atoms with Gasteiger partial charge in [0.1, 0.15) is 5.54 Å². The molecular weight excluding hydrogens is 422 g/mol. The minimum absolute atomic E-state index is 0.0456. The maximum Gasteiger partial charge on any atom is 0.308 e. The number of fused-ring (bicyclic) bond motifs is 1. The molecule has 0 aromatic heterocycles. The number of ether oxygens (including phenoxy) is 1. The number of carbonyl (C=O) groups is 4. The molecule has 2 aromatic carbocycles. The van der Waals surface area contributed by atoms with Crippen LogP contribution in [0.15, 0.2) is 54.6 Å². The highest BCUT2D eigenvalue weighted by Gasteiger charge is 2.52. The molecule has 8 nitrogen and oxygen atoms in total. The van der Waals surface area contributed by atoms with Crippen molar-refractivity contribution in [1.82, 2.24) is 5.32 Å². The summed E-state index contributed by atoms with van der Waals surface area (Å²) in [5.74, 6) is -1.40. The topological polar surface area (TPSA) is 105 Å². The minimum atomic E-state index is -0.941. The lowest BCUT2D eigenvalue weighted by Crippen LogP contribution is -2.61. The van der Waals surface area contributed by atoms with Crippen molar-refractivity contribution in [3.8, 4) is 0 Å². The van der Waals surface area contributed by atoms with Crippen molar-refractivity contribution in [2.75, 3.05) is 23.4 Å². The monoisotopic (exact) mass is 449 g/mol. The molecule has 1 saturated carbocycles. The molecule has 0 saturated heterocycles. The molecule has 1 spiro atoms. The van der Waals surface area contributed by atoms with E-state index in [2.05, 4.69) is 10.6 Å². The van der Waals surface area contributed by atoms with Gasteiger partial charge >= 0.3 is 5.97 Å². The van der Waals surface area contributed by atoms with E-state index < -0.39 is 24.0 Å². The third-order valence-corrected chi connectivity index (χ3v) is 6.14. The molecule has 2 aromatic rings. The standard InChI is InChI=1S/C25H27N3O5/c29-21(16-18-8-2-1-3-9-18)26-15-12-23(31)33-17-22(30)28-20-11-5-4-10-19(20)27-24(32)25(28)13-6-7-14-25/h1-5,8-11H,6-7,12-17H2,(H,26,29)(H,27,32). The Labute approximate surface area is 192 Å². The average molecular weight is 450 g/mol.